The number of nitrogens with zero attached hydrogens (tertiary/aromatic N) is 4. The van der Waals surface area contributed by atoms with Crippen LogP contribution in [-0.4, -0.2) is 32.6 Å². The maximum Gasteiger partial charge on any atom is 0.356 e. The molecule has 3 heterocycles. The lowest BCUT2D eigenvalue weighted by molar-refractivity contribution is 0.0594. The summed E-state index contributed by atoms with van der Waals surface area (Å²) in [6.45, 7) is 2.28. The van der Waals surface area contributed by atoms with Crippen LogP contribution in [0.25, 0.3) is 11.2 Å². The van der Waals surface area contributed by atoms with E-state index in [0.717, 1.165) is 11.4 Å². The van der Waals surface area contributed by atoms with E-state index in [1.54, 1.807) is 24.4 Å². The first-order valence-corrected chi connectivity index (χ1v) is 7.47. The lowest BCUT2D eigenvalue weighted by atomic mass is 10.2. The minimum absolute atomic E-state index is 0.224. The van der Waals surface area contributed by atoms with Crippen LogP contribution < -0.4 is 0 Å². The van der Waals surface area contributed by atoms with E-state index in [1.165, 1.54) is 7.11 Å². The van der Waals surface area contributed by atoms with Crippen LogP contribution in [-0.2, 0) is 11.3 Å². The minimum Gasteiger partial charge on any atom is -0.464 e. The summed E-state index contributed by atoms with van der Waals surface area (Å²) in [6, 6.07) is 4.90. The summed E-state index contributed by atoms with van der Waals surface area (Å²) < 4.78 is 6.57. The van der Waals surface area contributed by atoms with Crippen molar-refractivity contribution < 1.29 is 9.53 Å². The number of pyridine rings is 2. The maximum atomic E-state index is 11.7. The van der Waals surface area contributed by atoms with Crippen molar-refractivity contribution in [3.8, 4) is 0 Å². The standard InChI is InChI=1S/C15H12Cl2N4O2/c1-8-19-11-3-4-12(15(22)23-2)20-14(11)21(8)7-9-6-18-13(17)5-10(9)16/h3-6H,7H2,1-2H3. The van der Waals surface area contributed by atoms with Crippen molar-refractivity contribution >= 4 is 40.3 Å². The minimum atomic E-state index is -0.497. The third-order valence-corrected chi connectivity index (χ3v) is 3.96. The number of aromatic nitrogens is 4. The number of carbonyl (C=O) groups excluding carboxylic acids is 1. The zero-order valence-corrected chi connectivity index (χ0v) is 13.9. The highest BCUT2D eigenvalue weighted by atomic mass is 35.5. The lowest BCUT2D eigenvalue weighted by Crippen LogP contribution is -2.07. The van der Waals surface area contributed by atoms with Crippen molar-refractivity contribution in [3.05, 3.63) is 51.7 Å². The van der Waals surface area contributed by atoms with Gasteiger partial charge in [0, 0.05) is 11.8 Å². The third-order valence-electron chi connectivity index (χ3n) is 3.40. The normalized spacial score (nSPS) is 11.0. The second-order valence-corrected chi connectivity index (χ2v) is 5.67. The van der Waals surface area contributed by atoms with Gasteiger partial charge >= 0.3 is 5.97 Å². The van der Waals surface area contributed by atoms with E-state index in [0.29, 0.717) is 27.9 Å². The number of fused-ring (bicyclic) bond motifs is 1. The van der Waals surface area contributed by atoms with Gasteiger partial charge in [-0.25, -0.2) is 19.7 Å². The smallest absolute Gasteiger partial charge is 0.356 e. The van der Waals surface area contributed by atoms with Crippen LogP contribution in [0.3, 0.4) is 0 Å². The molecule has 0 bridgehead atoms. The highest BCUT2D eigenvalue weighted by Gasteiger charge is 2.15. The number of rotatable bonds is 3. The molecule has 0 unspecified atom stereocenters. The van der Waals surface area contributed by atoms with Crippen LogP contribution in [0, 0.1) is 6.92 Å². The Morgan fingerprint density at radius 3 is 2.78 bits per heavy atom. The van der Waals surface area contributed by atoms with Gasteiger partial charge in [0.15, 0.2) is 11.3 Å². The van der Waals surface area contributed by atoms with Crippen molar-refractivity contribution in [2.45, 2.75) is 13.5 Å². The Balaban J connectivity index is 2.08. The fourth-order valence-corrected chi connectivity index (χ4v) is 2.67. The molecule has 0 amide bonds. The number of halogens is 2. The monoisotopic (exact) mass is 350 g/mol. The van der Waals surface area contributed by atoms with Crippen LogP contribution >= 0.6 is 23.2 Å². The first-order valence-electron chi connectivity index (χ1n) is 6.71. The Bertz CT molecular complexity index is 908. The Morgan fingerprint density at radius 1 is 1.30 bits per heavy atom. The molecular weight excluding hydrogens is 339 g/mol. The van der Waals surface area contributed by atoms with Crippen LogP contribution in [0.4, 0.5) is 0 Å². The molecule has 3 aromatic rings. The third kappa shape index (κ3) is 3.00. The average molecular weight is 351 g/mol. The van der Waals surface area contributed by atoms with Gasteiger partial charge in [-0.15, -0.1) is 0 Å². The Labute approximate surface area is 142 Å². The highest BCUT2D eigenvalue weighted by Crippen LogP contribution is 2.22. The molecule has 0 atom stereocenters. The maximum absolute atomic E-state index is 11.7. The largest absolute Gasteiger partial charge is 0.464 e. The molecule has 3 aromatic heterocycles. The topological polar surface area (TPSA) is 69.9 Å². The molecule has 0 N–H and O–H groups in total. The summed E-state index contributed by atoms with van der Waals surface area (Å²) >= 11 is 12.0. The zero-order valence-electron chi connectivity index (χ0n) is 12.4. The molecule has 0 saturated heterocycles. The number of aryl methyl sites for hydroxylation is 1. The van der Waals surface area contributed by atoms with E-state index in [9.17, 15) is 4.79 Å². The summed E-state index contributed by atoms with van der Waals surface area (Å²) in [5.74, 6) is 0.254. The van der Waals surface area contributed by atoms with E-state index in [1.807, 2.05) is 11.5 Å². The summed E-state index contributed by atoms with van der Waals surface area (Å²) in [5, 5.41) is 0.840. The molecular formula is C15H12Cl2N4O2. The summed E-state index contributed by atoms with van der Waals surface area (Å²) in [7, 11) is 1.32. The van der Waals surface area contributed by atoms with Gasteiger partial charge in [0.1, 0.15) is 16.5 Å². The molecule has 0 saturated carbocycles. The predicted molar refractivity (Wildman–Crippen MR) is 87.0 cm³/mol. The van der Waals surface area contributed by atoms with Gasteiger partial charge < -0.3 is 9.30 Å². The number of hydrogen-bond acceptors (Lipinski definition) is 5. The number of methoxy groups -OCH3 is 1. The van der Waals surface area contributed by atoms with Crippen molar-refractivity contribution in [1.29, 1.82) is 0 Å². The second kappa shape index (κ2) is 6.14. The molecule has 0 radical (unpaired) electrons. The first-order chi connectivity index (χ1) is 11.0. The predicted octanol–water partition coefficient (Wildman–Crippen LogP) is 3.28. The number of imidazole rings is 1. The molecule has 8 heteroatoms. The second-order valence-electron chi connectivity index (χ2n) is 4.87. The summed E-state index contributed by atoms with van der Waals surface area (Å²) in [5.41, 5.74) is 2.27. The molecule has 6 nitrogen and oxygen atoms in total. The Morgan fingerprint density at radius 2 is 2.09 bits per heavy atom. The fourth-order valence-electron chi connectivity index (χ4n) is 2.24. The SMILES string of the molecule is COC(=O)c1ccc2nc(C)n(Cc3cnc(Cl)cc3Cl)c2n1. The van der Waals surface area contributed by atoms with Crippen LogP contribution in [0.15, 0.2) is 24.4 Å². The lowest BCUT2D eigenvalue weighted by Gasteiger charge is -2.08. The van der Waals surface area contributed by atoms with Gasteiger partial charge in [-0.3, -0.25) is 0 Å². The van der Waals surface area contributed by atoms with Gasteiger partial charge in [-0.2, -0.15) is 0 Å². The Kier molecular flexibility index (Phi) is 4.19. The number of carbonyl (C=O) groups is 1. The van der Waals surface area contributed by atoms with Crippen LogP contribution in [0.2, 0.25) is 10.2 Å². The number of ether oxygens (including phenoxy) is 1. The fraction of sp³-hybridized carbons (Fsp3) is 0.200. The van der Waals surface area contributed by atoms with Gasteiger partial charge in [-0.1, -0.05) is 23.2 Å². The van der Waals surface area contributed by atoms with Gasteiger partial charge in [0.2, 0.25) is 0 Å². The van der Waals surface area contributed by atoms with Gasteiger partial charge in [0.05, 0.1) is 18.7 Å². The van der Waals surface area contributed by atoms with Gasteiger partial charge in [0.25, 0.3) is 0 Å². The molecule has 0 aromatic carbocycles. The molecule has 0 spiro atoms. The Hall–Kier alpha value is -2.18. The van der Waals surface area contributed by atoms with Crippen molar-refractivity contribution in [2.24, 2.45) is 0 Å². The van der Waals surface area contributed by atoms with Crippen molar-refractivity contribution in [2.75, 3.05) is 7.11 Å². The van der Waals surface area contributed by atoms with E-state index >= 15 is 0 Å². The molecule has 118 valence electrons. The van der Waals surface area contributed by atoms with E-state index < -0.39 is 5.97 Å². The van der Waals surface area contributed by atoms with Crippen LogP contribution in [0.5, 0.6) is 0 Å². The summed E-state index contributed by atoms with van der Waals surface area (Å²) in [4.78, 5) is 24.5. The van der Waals surface area contributed by atoms with Crippen molar-refractivity contribution in [3.63, 3.8) is 0 Å². The van der Waals surface area contributed by atoms with Crippen molar-refractivity contribution in [1.82, 2.24) is 19.5 Å². The van der Waals surface area contributed by atoms with E-state index in [2.05, 4.69) is 15.0 Å². The summed E-state index contributed by atoms with van der Waals surface area (Å²) in [6.07, 6.45) is 1.61. The first kappa shape index (κ1) is 15.7. The number of esters is 1. The molecule has 0 aliphatic rings. The highest BCUT2D eigenvalue weighted by molar-refractivity contribution is 6.34. The van der Waals surface area contributed by atoms with E-state index in [4.69, 9.17) is 27.9 Å². The molecule has 0 aliphatic heterocycles. The van der Waals surface area contributed by atoms with Crippen LogP contribution in [0.1, 0.15) is 21.9 Å². The average Bonchev–Trinajstić information content (AvgIpc) is 2.84. The molecule has 3 rings (SSSR count). The van der Waals surface area contributed by atoms with Gasteiger partial charge in [-0.05, 0) is 25.1 Å². The molecule has 0 fully saturated rings. The van der Waals surface area contributed by atoms with E-state index in [-0.39, 0.29) is 5.69 Å². The quantitative estimate of drug-likeness (QED) is 0.535. The zero-order chi connectivity index (χ0) is 16.6. The number of hydrogen-bond donors (Lipinski definition) is 0. The molecule has 23 heavy (non-hydrogen) atoms. The molecule has 0 aliphatic carbocycles.